The third kappa shape index (κ3) is 5.25. The van der Waals surface area contributed by atoms with Gasteiger partial charge < -0.3 is 19.7 Å². The van der Waals surface area contributed by atoms with Crippen LogP contribution in [-0.4, -0.2) is 41.4 Å². The first-order chi connectivity index (χ1) is 17.1. The number of nitrogens with zero attached hydrogens (tertiary/aromatic N) is 1. The number of aromatic hydroxyl groups is 2. The highest BCUT2D eigenvalue weighted by molar-refractivity contribution is 5.48. The lowest BCUT2D eigenvalue weighted by Gasteiger charge is -2.40. The van der Waals surface area contributed by atoms with Gasteiger partial charge in [-0.15, -0.1) is 0 Å². The normalized spacial score (nSPS) is 22.3. The van der Waals surface area contributed by atoms with Crippen LogP contribution >= 0.6 is 0 Å². The van der Waals surface area contributed by atoms with Crippen molar-refractivity contribution in [3.05, 3.63) is 83.4 Å². The number of benzene rings is 3. The summed E-state index contributed by atoms with van der Waals surface area (Å²) < 4.78 is 12.6. The average molecular weight is 474 g/mol. The molecule has 5 heteroatoms. The van der Waals surface area contributed by atoms with E-state index in [0.717, 1.165) is 41.2 Å². The van der Waals surface area contributed by atoms with E-state index < -0.39 is 0 Å². The first kappa shape index (κ1) is 23.6. The highest BCUT2D eigenvalue weighted by Crippen LogP contribution is 2.53. The molecule has 0 saturated carbocycles. The van der Waals surface area contributed by atoms with Gasteiger partial charge in [-0.2, -0.15) is 0 Å². The quantitative estimate of drug-likeness (QED) is 0.417. The van der Waals surface area contributed by atoms with E-state index in [-0.39, 0.29) is 29.4 Å². The summed E-state index contributed by atoms with van der Waals surface area (Å²) in [4.78, 5) is 2.48. The maximum absolute atomic E-state index is 10.2. The summed E-state index contributed by atoms with van der Waals surface area (Å²) in [6, 6.07) is 21.1. The minimum Gasteiger partial charge on any atom is -0.508 e. The zero-order chi connectivity index (χ0) is 24.2. The molecule has 35 heavy (non-hydrogen) atoms. The molecule has 2 aliphatic heterocycles. The second-order valence-corrected chi connectivity index (χ2v) is 9.71. The second-order valence-electron chi connectivity index (χ2n) is 9.71. The fourth-order valence-corrected chi connectivity index (χ4v) is 5.63. The number of fused-ring (bicyclic) bond motifs is 1. The molecule has 5 nitrogen and oxygen atoms in total. The number of likely N-dealkylation sites (tertiary alicyclic amines) is 1. The van der Waals surface area contributed by atoms with Crippen LogP contribution in [0, 0.1) is 0 Å². The van der Waals surface area contributed by atoms with Crippen molar-refractivity contribution in [2.24, 2.45) is 0 Å². The molecule has 3 aromatic carbocycles. The Morgan fingerprint density at radius 2 is 1.54 bits per heavy atom. The second kappa shape index (κ2) is 10.6. The van der Waals surface area contributed by atoms with Crippen LogP contribution in [0.3, 0.4) is 0 Å². The molecule has 5 rings (SSSR count). The van der Waals surface area contributed by atoms with E-state index in [9.17, 15) is 10.2 Å². The molecule has 184 valence electrons. The topological polar surface area (TPSA) is 62.2 Å². The smallest absolute Gasteiger partial charge is 0.131 e. The minimum absolute atomic E-state index is 0.0424. The minimum atomic E-state index is -0.191. The van der Waals surface area contributed by atoms with Gasteiger partial charge in [-0.25, -0.2) is 0 Å². The van der Waals surface area contributed by atoms with Gasteiger partial charge in [0.2, 0.25) is 0 Å². The van der Waals surface area contributed by atoms with Crippen molar-refractivity contribution in [2.45, 2.75) is 50.5 Å². The van der Waals surface area contributed by atoms with Crippen molar-refractivity contribution >= 4 is 0 Å². The van der Waals surface area contributed by atoms with Crippen molar-refractivity contribution in [3.63, 3.8) is 0 Å². The Hall–Kier alpha value is -3.18. The fraction of sp³-hybridized carbons (Fsp3) is 0.400. The lowest BCUT2D eigenvalue weighted by Crippen LogP contribution is -2.33. The fourth-order valence-electron chi connectivity index (χ4n) is 5.63. The van der Waals surface area contributed by atoms with Crippen LogP contribution in [0.15, 0.2) is 66.7 Å². The summed E-state index contributed by atoms with van der Waals surface area (Å²) in [6.45, 7) is 6.20. The summed E-state index contributed by atoms with van der Waals surface area (Å²) in [7, 11) is 0. The summed E-state index contributed by atoms with van der Waals surface area (Å²) in [6.07, 6.45) is 4.64. The zero-order valence-electron chi connectivity index (χ0n) is 20.4. The molecule has 2 heterocycles. The monoisotopic (exact) mass is 473 g/mol. The maximum Gasteiger partial charge on any atom is 0.131 e. The van der Waals surface area contributed by atoms with Crippen LogP contribution in [0.5, 0.6) is 23.0 Å². The van der Waals surface area contributed by atoms with Gasteiger partial charge in [0.05, 0.1) is 0 Å². The van der Waals surface area contributed by atoms with Crippen LogP contribution < -0.4 is 9.47 Å². The number of ether oxygens (including phenoxy) is 2. The molecule has 0 spiro atoms. The van der Waals surface area contributed by atoms with Crippen LogP contribution in [0.1, 0.15) is 67.2 Å². The van der Waals surface area contributed by atoms with E-state index in [1.165, 1.54) is 32.4 Å². The lowest BCUT2D eigenvalue weighted by molar-refractivity contribution is 0.131. The Kier molecular flexibility index (Phi) is 7.14. The van der Waals surface area contributed by atoms with Gasteiger partial charge in [-0.05, 0) is 91.9 Å². The summed E-state index contributed by atoms with van der Waals surface area (Å²) >= 11 is 0. The van der Waals surface area contributed by atoms with E-state index in [1.54, 1.807) is 18.2 Å². The Bertz CT molecular complexity index is 1110. The Morgan fingerprint density at radius 3 is 2.26 bits per heavy atom. The van der Waals surface area contributed by atoms with Crippen LogP contribution in [0.2, 0.25) is 0 Å². The standard InChI is InChI=1S/C30H35NO4/c1-2-26-27-20-24(33)12-15-28(27)35-30(29(26)21-6-10-23(32)11-7-21)22-8-13-25(14-9-22)34-19-18-31-16-4-3-5-17-31/h6-15,20,26,29-30,32-33H,2-5,16-19H2,1H3/t26-,29+,30+/m1/s1. The average Bonchev–Trinajstić information content (AvgIpc) is 2.89. The predicted octanol–water partition coefficient (Wildman–Crippen LogP) is 6.37. The molecule has 2 aliphatic rings. The van der Waals surface area contributed by atoms with E-state index >= 15 is 0 Å². The molecule has 1 fully saturated rings. The van der Waals surface area contributed by atoms with E-state index in [1.807, 2.05) is 36.4 Å². The molecular weight excluding hydrogens is 438 g/mol. The first-order valence-corrected chi connectivity index (χ1v) is 12.9. The first-order valence-electron chi connectivity index (χ1n) is 12.9. The van der Waals surface area contributed by atoms with Gasteiger partial charge in [-0.1, -0.05) is 37.6 Å². The molecule has 2 N–H and O–H groups in total. The third-order valence-electron chi connectivity index (χ3n) is 7.46. The molecule has 3 aromatic rings. The third-order valence-corrected chi connectivity index (χ3v) is 7.46. The number of piperidine rings is 1. The van der Waals surface area contributed by atoms with Crippen molar-refractivity contribution in [1.82, 2.24) is 4.90 Å². The summed E-state index contributed by atoms with van der Waals surface area (Å²) in [5, 5.41) is 20.0. The van der Waals surface area contributed by atoms with Gasteiger partial charge >= 0.3 is 0 Å². The summed E-state index contributed by atoms with van der Waals surface area (Å²) in [5.41, 5.74) is 3.22. The summed E-state index contributed by atoms with van der Waals surface area (Å²) in [5.74, 6) is 2.40. The predicted molar refractivity (Wildman–Crippen MR) is 138 cm³/mol. The van der Waals surface area contributed by atoms with Crippen LogP contribution in [0.25, 0.3) is 0 Å². The molecule has 0 aromatic heterocycles. The Balaban J connectivity index is 1.39. The van der Waals surface area contributed by atoms with Gasteiger partial charge in [0, 0.05) is 18.0 Å². The van der Waals surface area contributed by atoms with Gasteiger partial charge in [0.15, 0.2) is 0 Å². The van der Waals surface area contributed by atoms with Crippen molar-refractivity contribution in [2.75, 3.05) is 26.2 Å². The van der Waals surface area contributed by atoms with E-state index in [4.69, 9.17) is 9.47 Å². The van der Waals surface area contributed by atoms with Crippen molar-refractivity contribution in [3.8, 4) is 23.0 Å². The van der Waals surface area contributed by atoms with Crippen molar-refractivity contribution in [1.29, 1.82) is 0 Å². The number of hydrogen-bond acceptors (Lipinski definition) is 5. The molecule has 0 aliphatic carbocycles. The van der Waals surface area contributed by atoms with Gasteiger partial charge in [0.1, 0.15) is 35.7 Å². The molecule has 3 atom stereocenters. The maximum atomic E-state index is 10.2. The van der Waals surface area contributed by atoms with Crippen LogP contribution in [-0.2, 0) is 0 Å². The molecule has 0 bridgehead atoms. The van der Waals surface area contributed by atoms with Crippen molar-refractivity contribution < 1.29 is 19.7 Å². The number of hydrogen-bond donors (Lipinski definition) is 2. The number of rotatable bonds is 7. The largest absolute Gasteiger partial charge is 0.508 e. The number of phenols is 2. The molecule has 0 radical (unpaired) electrons. The van der Waals surface area contributed by atoms with Crippen LogP contribution in [0.4, 0.5) is 0 Å². The van der Waals surface area contributed by atoms with E-state index in [2.05, 4.69) is 24.0 Å². The van der Waals surface area contributed by atoms with E-state index in [0.29, 0.717) is 6.61 Å². The number of phenolic OH excluding ortho intramolecular Hbond substituents is 2. The molecule has 0 amide bonds. The Morgan fingerprint density at radius 1 is 0.857 bits per heavy atom. The Labute approximate surface area is 207 Å². The zero-order valence-corrected chi connectivity index (χ0v) is 20.4. The van der Waals surface area contributed by atoms with Gasteiger partial charge in [0.25, 0.3) is 0 Å². The highest BCUT2D eigenvalue weighted by Gasteiger charge is 2.39. The SMILES string of the molecule is CC[C@@H]1c2cc(O)ccc2O[C@@H](c2ccc(OCCN3CCCCC3)cc2)[C@H]1c1ccc(O)cc1. The molecule has 1 saturated heterocycles. The van der Waals surface area contributed by atoms with Gasteiger partial charge in [-0.3, -0.25) is 4.90 Å². The highest BCUT2D eigenvalue weighted by atomic mass is 16.5. The lowest BCUT2D eigenvalue weighted by atomic mass is 9.73. The molecular formula is C30H35NO4. The molecule has 0 unspecified atom stereocenters.